The van der Waals surface area contributed by atoms with Crippen LogP contribution in [0.2, 0.25) is 0 Å². The van der Waals surface area contributed by atoms with E-state index >= 15 is 0 Å². The molecule has 0 aromatic carbocycles. The van der Waals surface area contributed by atoms with Crippen molar-refractivity contribution in [1.29, 1.82) is 0 Å². The summed E-state index contributed by atoms with van der Waals surface area (Å²) in [7, 11) is 0. The van der Waals surface area contributed by atoms with Crippen LogP contribution in [0.3, 0.4) is 0 Å². The van der Waals surface area contributed by atoms with Crippen molar-refractivity contribution in [2.24, 2.45) is 5.92 Å². The maximum atomic E-state index is 10.9. The van der Waals surface area contributed by atoms with Crippen molar-refractivity contribution in [3.05, 3.63) is 26.9 Å². The van der Waals surface area contributed by atoms with E-state index < -0.39 is 10.9 Å². The van der Waals surface area contributed by atoms with Crippen molar-refractivity contribution in [3.8, 4) is 0 Å². The number of hydrogen-bond donors (Lipinski definition) is 1. The van der Waals surface area contributed by atoms with Crippen LogP contribution in [0.4, 0.5) is 11.5 Å². The first-order valence-corrected chi connectivity index (χ1v) is 6.03. The molecule has 96 valence electrons. The van der Waals surface area contributed by atoms with Crippen molar-refractivity contribution < 1.29 is 14.8 Å². The number of nitro groups is 1. The molecule has 0 atom stereocenters. The summed E-state index contributed by atoms with van der Waals surface area (Å²) in [5.41, 5.74) is -0.0712. The molecule has 0 spiro atoms. The summed E-state index contributed by atoms with van der Waals surface area (Å²) < 4.78 is 0.542. The number of rotatable bonds is 4. The van der Waals surface area contributed by atoms with Gasteiger partial charge in [-0.05, 0) is 15.9 Å². The number of halogens is 1. The Morgan fingerprint density at radius 1 is 1.67 bits per heavy atom. The van der Waals surface area contributed by atoms with Gasteiger partial charge >= 0.3 is 11.7 Å². The predicted octanol–water partition coefficient (Wildman–Crippen LogP) is 1.66. The van der Waals surface area contributed by atoms with Gasteiger partial charge in [-0.2, -0.15) is 0 Å². The molecule has 0 bridgehead atoms. The van der Waals surface area contributed by atoms with Gasteiger partial charge in [-0.25, -0.2) is 4.98 Å². The Balaban J connectivity index is 2.11. The van der Waals surface area contributed by atoms with Gasteiger partial charge in [0.05, 0.1) is 11.3 Å². The van der Waals surface area contributed by atoms with Crippen molar-refractivity contribution in [2.75, 3.05) is 18.0 Å². The molecule has 1 saturated heterocycles. The number of pyridine rings is 1. The number of anilines is 1. The van der Waals surface area contributed by atoms with E-state index in [0.29, 0.717) is 23.4 Å². The molecule has 0 aliphatic carbocycles. The quantitative estimate of drug-likeness (QED) is 0.670. The number of carboxylic acid groups (broad SMARTS) is 1. The minimum absolute atomic E-state index is 0.0348. The number of hydrogen-bond acceptors (Lipinski definition) is 5. The topological polar surface area (TPSA) is 96.6 Å². The summed E-state index contributed by atoms with van der Waals surface area (Å²) in [6.45, 7) is 0.976. The van der Waals surface area contributed by atoms with Gasteiger partial charge in [-0.3, -0.25) is 14.9 Å². The second-order valence-corrected chi connectivity index (χ2v) is 5.04. The van der Waals surface area contributed by atoms with Crippen LogP contribution in [-0.4, -0.2) is 34.1 Å². The summed E-state index contributed by atoms with van der Waals surface area (Å²) in [4.78, 5) is 26.7. The first-order chi connectivity index (χ1) is 8.47. The Kier molecular flexibility index (Phi) is 3.46. The molecular formula is C10H10BrN3O4. The van der Waals surface area contributed by atoms with Gasteiger partial charge in [0.1, 0.15) is 0 Å². The second-order valence-electron chi connectivity index (χ2n) is 4.12. The Labute approximate surface area is 111 Å². The van der Waals surface area contributed by atoms with Crippen molar-refractivity contribution >= 4 is 33.4 Å². The lowest BCUT2D eigenvalue weighted by Crippen LogP contribution is -2.48. The Morgan fingerprint density at radius 3 is 2.89 bits per heavy atom. The van der Waals surface area contributed by atoms with Crippen molar-refractivity contribution in [3.63, 3.8) is 0 Å². The third-order valence-corrected chi connectivity index (χ3v) is 3.16. The summed E-state index contributed by atoms with van der Waals surface area (Å²) in [6.07, 6.45) is 1.58. The van der Waals surface area contributed by atoms with Crippen molar-refractivity contribution in [2.45, 2.75) is 6.42 Å². The van der Waals surface area contributed by atoms with Gasteiger partial charge in [-0.1, -0.05) is 0 Å². The molecule has 0 unspecified atom stereocenters. The zero-order valence-corrected chi connectivity index (χ0v) is 10.8. The molecule has 1 aromatic heterocycles. The highest BCUT2D eigenvalue weighted by atomic mass is 79.9. The number of aromatic nitrogens is 1. The number of aliphatic carboxylic acids is 1. The van der Waals surface area contributed by atoms with E-state index in [-0.39, 0.29) is 18.0 Å². The fraction of sp³-hybridized carbons (Fsp3) is 0.400. The van der Waals surface area contributed by atoms with E-state index in [1.807, 2.05) is 0 Å². The van der Waals surface area contributed by atoms with Crippen LogP contribution < -0.4 is 4.90 Å². The Bertz CT molecular complexity index is 502. The maximum Gasteiger partial charge on any atom is 0.312 e. The van der Waals surface area contributed by atoms with Gasteiger partial charge in [0.2, 0.25) is 5.82 Å². The average Bonchev–Trinajstić information content (AvgIpc) is 2.23. The molecule has 1 aromatic rings. The molecule has 2 heterocycles. The summed E-state index contributed by atoms with van der Waals surface area (Å²) in [5.74, 6) is -0.518. The Hall–Kier alpha value is -1.70. The van der Waals surface area contributed by atoms with Crippen LogP contribution in [0.5, 0.6) is 0 Å². The van der Waals surface area contributed by atoms with Crippen LogP contribution in [0.25, 0.3) is 0 Å². The van der Waals surface area contributed by atoms with E-state index in [9.17, 15) is 14.9 Å². The molecule has 7 nitrogen and oxygen atoms in total. The third-order valence-electron chi connectivity index (χ3n) is 2.73. The van der Waals surface area contributed by atoms with E-state index in [2.05, 4.69) is 20.9 Å². The zero-order chi connectivity index (χ0) is 13.3. The predicted molar refractivity (Wildman–Crippen MR) is 66.5 cm³/mol. The monoisotopic (exact) mass is 315 g/mol. The lowest BCUT2D eigenvalue weighted by atomic mass is 9.96. The highest BCUT2D eigenvalue weighted by molar-refractivity contribution is 9.10. The van der Waals surface area contributed by atoms with Gasteiger partial charge in [-0.15, -0.1) is 0 Å². The van der Waals surface area contributed by atoms with Crippen LogP contribution >= 0.6 is 15.9 Å². The molecule has 2 rings (SSSR count). The van der Waals surface area contributed by atoms with E-state index in [4.69, 9.17) is 5.11 Å². The molecule has 1 aliphatic rings. The van der Waals surface area contributed by atoms with Crippen LogP contribution in [0.1, 0.15) is 6.42 Å². The minimum Gasteiger partial charge on any atom is -0.481 e. The molecule has 1 N–H and O–H groups in total. The van der Waals surface area contributed by atoms with E-state index in [0.717, 1.165) is 0 Å². The van der Waals surface area contributed by atoms with E-state index in [1.165, 1.54) is 12.3 Å². The molecule has 0 amide bonds. The highest BCUT2D eigenvalue weighted by Crippen LogP contribution is 2.33. The molecular weight excluding hydrogens is 306 g/mol. The van der Waals surface area contributed by atoms with Crippen LogP contribution in [-0.2, 0) is 4.79 Å². The standard InChI is InChI=1S/C10H10BrN3O4/c11-7-2-8(14(17)18)10(12-3-7)13-4-6(5-13)1-9(15)16/h2-3,6H,1,4-5H2,(H,15,16). The molecule has 18 heavy (non-hydrogen) atoms. The fourth-order valence-electron chi connectivity index (χ4n) is 1.92. The Morgan fingerprint density at radius 2 is 2.33 bits per heavy atom. The molecule has 1 fully saturated rings. The lowest BCUT2D eigenvalue weighted by Gasteiger charge is -2.38. The minimum atomic E-state index is -0.849. The van der Waals surface area contributed by atoms with Crippen molar-refractivity contribution in [1.82, 2.24) is 4.98 Å². The molecule has 8 heteroatoms. The van der Waals surface area contributed by atoms with Gasteiger partial charge in [0.25, 0.3) is 0 Å². The SMILES string of the molecule is O=C(O)CC1CN(c2ncc(Br)cc2[N+](=O)[O-])C1. The van der Waals surface area contributed by atoms with Gasteiger partial charge in [0.15, 0.2) is 0 Å². The summed E-state index contributed by atoms with van der Waals surface area (Å²) in [6, 6.07) is 1.40. The number of carbonyl (C=O) groups is 1. The largest absolute Gasteiger partial charge is 0.481 e. The number of carboxylic acids is 1. The van der Waals surface area contributed by atoms with E-state index in [1.54, 1.807) is 4.90 Å². The highest BCUT2D eigenvalue weighted by Gasteiger charge is 2.33. The normalized spacial score (nSPS) is 15.3. The first-order valence-electron chi connectivity index (χ1n) is 5.24. The first kappa shape index (κ1) is 12.7. The molecule has 0 saturated carbocycles. The smallest absolute Gasteiger partial charge is 0.312 e. The third kappa shape index (κ3) is 2.58. The average molecular weight is 316 g/mol. The second kappa shape index (κ2) is 4.89. The van der Waals surface area contributed by atoms with Gasteiger partial charge < -0.3 is 10.0 Å². The zero-order valence-electron chi connectivity index (χ0n) is 9.24. The maximum absolute atomic E-state index is 10.9. The fourth-order valence-corrected chi connectivity index (χ4v) is 2.24. The molecule has 1 aliphatic heterocycles. The molecule has 0 radical (unpaired) electrons. The number of nitrogens with zero attached hydrogens (tertiary/aromatic N) is 3. The van der Waals surface area contributed by atoms with Crippen LogP contribution in [0, 0.1) is 16.0 Å². The van der Waals surface area contributed by atoms with Gasteiger partial charge in [0, 0.05) is 35.7 Å². The summed E-state index contributed by atoms with van der Waals surface area (Å²) in [5, 5.41) is 19.5. The van der Waals surface area contributed by atoms with Crippen LogP contribution in [0.15, 0.2) is 16.7 Å². The summed E-state index contributed by atoms with van der Waals surface area (Å²) >= 11 is 3.14. The lowest BCUT2D eigenvalue weighted by molar-refractivity contribution is -0.384.